The van der Waals surface area contributed by atoms with E-state index in [1.807, 2.05) is 6.07 Å². The summed E-state index contributed by atoms with van der Waals surface area (Å²) in [6, 6.07) is 9.15. The quantitative estimate of drug-likeness (QED) is 0.402. The molecule has 1 N–H and O–H groups in total. The van der Waals surface area contributed by atoms with Crippen molar-refractivity contribution in [2.45, 2.75) is 56.2 Å². The van der Waals surface area contributed by atoms with Gasteiger partial charge in [-0.2, -0.15) is 5.26 Å². The van der Waals surface area contributed by atoms with Gasteiger partial charge in [-0.05, 0) is 24.6 Å². The zero-order valence-corrected chi connectivity index (χ0v) is 22.8. The SMILES string of the molecule is N#Cc1ccnc(N2C(=O)CC[C@H]2CC(=O)N(c2cncc(F)c2)C(C(=O)NC2CC(F)(F)C2)c2ccccc2Cl)c1. The standard InChI is InChI=1S/C29H24ClF3N6O3/c30-23-4-2-1-3-22(23)27(28(42)37-19-12-29(32,33)13-19)39(21-10-18(31)15-35-16-21)26(41)11-20-5-6-25(40)38(20)24-9-17(14-34)7-8-36-24/h1-4,7-10,15-16,19-20,27H,5-6,11-13H2,(H,37,42)/t20-,27?/m0/s1. The summed E-state index contributed by atoms with van der Waals surface area (Å²) in [6.07, 6.45) is 2.47. The summed E-state index contributed by atoms with van der Waals surface area (Å²) in [5, 5.41) is 12.0. The molecule has 0 bridgehead atoms. The number of pyridine rings is 2. The summed E-state index contributed by atoms with van der Waals surface area (Å²) in [5.41, 5.74) is 0.386. The fraction of sp³-hybridized carbons (Fsp3) is 0.310. The molecule has 216 valence electrons. The van der Waals surface area contributed by atoms with Crippen molar-refractivity contribution in [2.24, 2.45) is 0 Å². The molecule has 0 spiro atoms. The normalized spacial score (nSPS) is 18.6. The summed E-state index contributed by atoms with van der Waals surface area (Å²) < 4.78 is 41.5. The second-order valence-electron chi connectivity index (χ2n) is 10.2. The first kappa shape index (κ1) is 29.0. The van der Waals surface area contributed by atoms with Gasteiger partial charge in [0.25, 0.3) is 5.92 Å². The van der Waals surface area contributed by atoms with Crippen LogP contribution in [-0.2, 0) is 14.4 Å². The van der Waals surface area contributed by atoms with Gasteiger partial charge in [0.2, 0.25) is 17.7 Å². The number of benzene rings is 1. The van der Waals surface area contributed by atoms with Crippen LogP contribution in [0.4, 0.5) is 24.7 Å². The summed E-state index contributed by atoms with van der Waals surface area (Å²) in [7, 11) is 0. The van der Waals surface area contributed by atoms with Crippen molar-refractivity contribution < 1.29 is 27.6 Å². The Morgan fingerprint density at radius 1 is 1.21 bits per heavy atom. The highest BCUT2D eigenvalue weighted by molar-refractivity contribution is 6.31. The van der Waals surface area contributed by atoms with Gasteiger partial charge in [0, 0.05) is 60.6 Å². The molecular weight excluding hydrogens is 573 g/mol. The minimum atomic E-state index is -2.91. The van der Waals surface area contributed by atoms with Crippen molar-refractivity contribution in [3.05, 3.63) is 83.0 Å². The molecule has 5 rings (SSSR count). The van der Waals surface area contributed by atoms with Gasteiger partial charge in [-0.15, -0.1) is 0 Å². The number of amides is 3. The fourth-order valence-electron chi connectivity index (χ4n) is 5.28. The number of anilines is 2. The minimum Gasteiger partial charge on any atom is -0.351 e. The third kappa shape index (κ3) is 6.06. The van der Waals surface area contributed by atoms with Gasteiger partial charge in [0.15, 0.2) is 0 Å². The van der Waals surface area contributed by atoms with Gasteiger partial charge < -0.3 is 5.32 Å². The summed E-state index contributed by atoms with van der Waals surface area (Å²) in [6.45, 7) is 0. The summed E-state index contributed by atoms with van der Waals surface area (Å²) >= 11 is 6.47. The molecule has 1 saturated carbocycles. The number of rotatable bonds is 8. The van der Waals surface area contributed by atoms with E-state index in [1.165, 1.54) is 41.6 Å². The highest BCUT2D eigenvalue weighted by Crippen LogP contribution is 2.39. The lowest BCUT2D eigenvalue weighted by Gasteiger charge is -2.38. The summed E-state index contributed by atoms with van der Waals surface area (Å²) in [4.78, 5) is 51.1. The Morgan fingerprint density at radius 2 is 1.98 bits per heavy atom. The number of nitrogens with one attached hydrogen (secondary N) is 1. The molecule has 1 unspecified atom stereocenters. The lowest BCUT2D eigenvalue weighted by Crippen LogP contribution is -2.54. The molecule has 2 aliphatic rings. The lowest BCUT2D eigenvalue weighted by molar-refractivity contribution is -0.133. The van der Waals surface area contributed by atoms with Crippen LogP contribution < -0.4 is 15.1 Å². The Morgan fingerprint density at radius 3 is 2.67 bits per heavy atom. The van der Waals surface area contributed by atoms with Crippen LogP contribution in [0.1, 0.15) is 49.3 Å². The van der Waals surface area contributed by atoms with Crippen molar-refractivity contribution >= 4 is 40.8 Å². The topological polar surface area (TPSA) is 119 Å². The van der Waals surface area contributed by atoms with Gasteiger partial charge >= 0.3 is 0 Å². The molecule has 3 heterocycles. The monoisotopic (exact) mass is 596 g/mol. The molecule has 1 aromatic carbocycles. The number of alkyl halides is 2. The third-order valence-electron chi connectivity index (χ3n) is 7.24. The maximum absolute atomic E-state index is 14.4. The van der Waals surface area contributed by atoms with Crippen LogP contribution in [0.3, 0.4) is 0 Å². The Hall–Kier alpha value is -4.50. The highest BCUT2D eigenvalue weighted by Gasteiger charge is 2.47. The largest absolute Gasteiger partial charge is 0.351 e. The lowest BCUT2D eigenvalue weighted by atomic mass is 9.87. The molecule has 1 aliphatic carbocycles. The Balaban J connectivity index is 1.53. The number of nitrogens with zero attached hydrogens (tertiary/aromatic N) is 5. The van der Waals surface area contributed by atoms with Gasteiger partial charge in [-0.3, -0.25) is 29.2 Å². The van der Waals surface area contributed by atoms with E-state index < -0.39 is 54.5 Å². The molecule has 1 saturated heterocycles. The number of aromatic nitrogens is 2. The second-order valence-corrected chi connectivity index (χ2v) is 10.6. The molecule has 13 heteroatoms. The van der Waals surface area contributed by atoms with Crippen molar-refractivity contribution in [2.75, 3.05) is 9.80 Å². The van der Waals surface area contributed by atoms with Crippen LogP contribution in [0, 0.1) is 17.1 Å². The highest BCUT2D eigenvalue weighted by atomic mass is 35.5. The number of carbonyl (C=O) groups is 3. The molecule has 2 atom stereocenters. The molecule has 9 nitrogen and oxygen atoms in total. The van der Waals surface area contributed by atoms with Crippen LogP contribution in [0.2, 0.25) is 5.02 Å². The zero-order valence-electron chi connectivity index (χ0n) is 22.0. The molecule has 42 heavy (non-hydrogen) atoms. The van der Waals surface area contributed by atoms with E-state index in [0.29, 0.717) is 0 Å². The number of nitriles is 1. The zero-order chi connectivity index (χ0) is 30.0. The first-order chi connectivity index (χ1) is 20.1. The third-order valence-corrected chi connectivity index (χ3v) is 7.58. The maximum Gasteiger partial charge on any atom is 0.252 e. The number of halogens is 4. The van der Waals surface area contributed by atoms with E-state index in [0.717, 1.165) is 17.2 Å². The Bertz CT molecular complexity index is 1570. The first-order valence-corrected chi connectivity index (χ1v) is 13.5. The Kier molecular flexibility index (Phi) is 8.13. The van der Waals surface area contributed by atoms with Crippen molar-refractivity contribution in [3.8, 4) is 6.07 Å². The molecule has 0 radical (unpaired) electrons. The molecular formula is C29H24ClF3N6O3. The Labute approximate surface area is 243 Å². The minimum absolute atomic E-state index is 0.0699. The molecule has 1 aliphatic heterocycles. The van der Waals surface area contributed by atoms with Crippen LogP contribution in [0.15, 0.2) is 61.1 Å². The van der Waals surface area contributed by atoms with Crippen LogP contribution in [0.25, 0.3) is 0 Å². The van der Waals surface area contributed by atoms with Gasteiger partial charge in [-0.25, -0.2) is 18.2 Å². The molecule has 3 aromatic rings. The van der Waals surface area contributed by atoms with E-state index in [1.54, 1.807) is 12.1 Å². The number of hydrogen-bond acceptors (Lipinski definition) is 6. The van der Waals surface area contributed by atoms with Crippen LogP contribution in [-0.4, -0.2) is 45.7 Å². The van der Waals surface area contributed by atoms with Crippen molar-refractivity contribution in [3.63, 3.8) is 0 Å². The molecule has 2 aromatic heterocycles. The van der Waals surface area contributed by atoms with Crippen molar-refractivity contribution in [1.29, 1.82) is 5.26 Å². The van der Waals surface area contributed by atoms with Crippen LogP contribution >= 0.6 is 11.6 Å². The van der Waals surface area contributed by atoms with E-state index in [-0.39, 0.29) is 52.8 Å². The van der Waals surface area contributed by atoms with Crippen LogP contribution in [0.5, 0.6) is 0 Å². The molecule has 3 amide bonds. The number of hydrogen-bond donors (Lipinski definition) is 1. The predicted octanol–water partition coefficient (Wildman–Crippen LogP) is 4.71. The van der Waals surface area contributed by atoms with E-state index in [9.17, 15) is 32.8 Å². The maximum atomic E-state index is 14.4. The average Bonchev–Trinajstić information content (AvgIpc) is 3.30. The van der Waals surface area contributed by atoms with Gasteiger partial charge in [0.05, 0.1) is 29.7 Å². The number of carbonyl (C=O) groups excluding carboxylic acids is 3. The first-order valence-electron chi connectivity index (χ1n) is 13.1. The van der Waals surface area contributed by atoms with E-state index in [2.05, 4.69) is 15.3 Å². The van der Waals surface area contributed by atoms with Gasteiger partial charge in [0.1, 0.15) is 17.7 Å². The van der Waals surface area contributed by atoms with E-state index in [4.69, 9.17) is 11.6 Å². The van der Waals surface area contributed by atoms with E-state index >= 15 is 0 Å². The van der Waals surface area contributed by atoms with Gasteiger partial charge in [-0.1, -0.05) is 29.8 Å². The smallest absolute Gasteiger partial charge is 0.252 e. The second kappa shape index (κ2) is 11.8. The molecule has 2 fully saturated rings. The predicted molar refractivity (Wildman–Crippen MR) is 146 cm³/mol. The average molecular weight is 597 g/mol. The van der Waals surface area contributed by atoms with Crippen molar-refractivity contribution in [1.82, 2.24) is 15.3 Å². The summed E-state index contributed by atoms with van der Waals surface area (Å²) in [5.74, 6) is -5.26. The fourth-order valence-corrected chi connectivity index (χ4v) is 5.52.